The zero-order valence-electron chi connectivity index (χ0n) is 11.7. The summed E-state index contributed by atoms with van der Waals surface area (Å²) in [5.41, 5.74) is 2.63. The Hall–Kier alpha value is -1.07. The molecule has 0 aromatic heterocycles. The molecule has 2 nitrogen and oxygen atoms in total. The van der Waals surface area contributed by atoms with E-state index >= 15 is 0 Å². The summed E-state index contributed by atoms with van der Waals surface area (Å²) in [6, 6.07) is 16.7. The number of nitrogens with one attached hydrogen (secondary N) is 1. The van der Waals surface area contributed by atoms with Crippen molar-refractivity contribution in [2.75, 3.05) is 13.1 Å². The Bertz CT molecular complexity index is 542. The molecule has 0 radical (unpaired) electrons. The second kappa shape index (κ2) is 8.27. The van der Waals surface area contributed by atoms with Crippen LogP contribution in [-0.4, -0.2) is 13.1 Å². The van der Waals surface area contributed by atoms with Crippen LogP contribution in [0.1, 0.15) is 18.1 Å². The Morgan fingerprint density at radius 1 is 1.05 bits per heavy atom. The van der Waals surface area contributed by atoms with Crippen LogP contribution < -0.4 is 10.1 Å². The fraction of sp³-hybridized carbons (Fsp3) is 0.294. The highest BCUT2D eigenvalue weighted by Gasteiger charge is 2.03. The first-order chi connectivity index (χ1) is 9.79. The maximum absolute atomic E-state index is 5.89. The van der Waals surface area contributed by atoms with E-state index in [4.69, 9.17) is 4.74 Å². The molecule has 0 bridgehead atoms. The molecule has 0 aliphatic carbocycles. The fourth-order valence-corrected chi connectivity index (χ4v) is 2.57. The van der Waals surface area contributed by atoms with Crippen molar-refractivity contribution >= 4 is 22.6 Å². The average Bonchev–Trinajstić information content (AvgIpc) is 2.47. The number of benzene rings is 2. The highest BCUT2D eigenvalue weighted by molar-refractivity contribution is 14.1. The first kappa shape index (κ1) is 15.3. The van der Waals surface area contributed by atoms with Crippen LogP contribution in [0.4, 0.5) is 0 Å². The lowest BCUT2D eigenvalue weighted by Gasteiger charge is -2.11. The van der Waals surface area contributed by atoms with E-state index in [9.17, 15) is 0 Å². The molecule has 20 heavy (non-hydrogen) atoms. The van der Waals surface area contributed by atoms with E-state index in [1.165, 1.54) is 14.7 Å². The quantitative estimate of drug-likeness (QED) is 0.578. The molecule has 0 saturated carbocycles. The van der Waals surface area contributed by atoms with Crippen LogP contribution in [0.2, 0.25) is 0 Å². The molecule has 0 fully saturated rings. The van der Waals surface area contributed by atoms with Crippen molar-refractivity contribution in [3.63, 3.8) is 0 Å². The minimum Gasteiger partial charge on any atom is -0.489 e. The van der Waals surface area contributed by atoms with E-state index in [0.29, 0.717) is 6.61 Å². The van der Waals surface area contributed by atoms with Crippen molar-refractivity contribution in [3.05, 3.63) is 63.2 Å². The van der Waals surface area contributed by atoms with Gasteiger partial charge in [0.15, 0.2) is 0 Å². The van der Waals surface area contributed by atoms with Crippen LogP contribution in [-0.2, 0) is 13.0 Å². The van der Waals surface area contributed by atoms with Crippen LogP contribution in [0.5, 0.6) is 5.75 Å². The monoisotopic (exact) mass is 381 g/mol. The maximum Gasteiger partial charge on any atom is 0.120 e. The lowest BCUT2D eigenvalue weighted by molar-refractivity contribution is 0.304. The van der Waals surface area contributed by atoms with Crippen molar-refractivity contribution in [2.45, 2.75) is 20.0 Å². The number of likely N-dealkylation sites (N-methyl/N-ethyl adjacent to an activating group) is 1. The summed E-state index contributed by atoms with van der Waals surface area (Å²) in [4.78, 5) is 0. The van der Waals surface area contributed by atoms with Crippen molar-refractivity contribution < 1.29 is 4.74 Å². The van der Waals surface area contributed by atoms with Gasteiger partial charge in [-0.15, -0.1) is 0 Å². The first-order valence-electron chi connectivity index (χ1n) is 6.95. The molecular formula is C17H20INO. The molecule has 3 heteroatoms. The lowest BCUT2D eigenvalue weighted by atomic mass is 10.1. The summed E-state index contributed by atoms with van der Waals surface area (Å²) >= 11 is 2.30. The Morgan fingerprint density at radius 2 is 1.85 bits per heavy atom. The summed E-state index contributed by atoms with van der Waals surface area (Å²) in [6.45, 7) is 4.78. The fourth-order valence-electron chi connectivity index (χ4n) is 2.06. The number of halogens is 1. The van der Waals surface area contributed by atoms with Gasteiger partial charge in [-0.2, -0.15) is 0 Å². The van der Waals surface area contributed by atoms with Gasteiger partial charge in [0.1, 0.15) is 12.4 Å². The van der Waals surface area contributed by atoms with Crippen molar-refractivity contribution in [1.82, 2.24) is 5.32 Å². The SMILES string of the molecule is CCNCCc1ccccc1COc1cccc(I)c1. The average molecular weight is 381 g/mol. The van der Waals surface area contributed by atoms with Gasteiger partial charge in [-0.1, -0.05) is 37.3 Å². The molecule has 1 N–H and O–H groups in total. The van der Waals surface area contributed by atoms with Gasteiger partial charge in [0.25, 0.3) is 0 Å². The molecule has 0 saturated heterocycles. The first-order valence-corrected chi connectivity index (χ1v) is 8.03. The molecule has 2 aromatic carbocycles. The molecule has 0 aliphatic heterocycles. The minimum absolute atomic E-state index is 0.627. The van der Waals surface area contributed by atoms with E-state index in [1.807, 2.05) is 12.1 Å². The third-order valence-corrected chi connectivity index (χ3v) is 3.80. The summed E-state index contributed by atoms with van der Waals surface area (Å²) in [5.74, 6) is 0.929. The smallest absolute Gasteiger partial charge is 0.120 e. The largest absolute Gasteiger partial charge is 0.489 e. The van der Waals surface area contributed by atoms with Crippen molar-refractivity contribution in [1.29, 1.82) is 0 Å². The number of hydrogen-bond acceptors (Lipinski definition) is 2. The molecular weight excluding hydrogens is 361 g/mol. The molecule has 0 heterocycles. The topological polar surface area (TPSA) is 21.3 Å². The van der Waals surface area contributed by atoms with E-state index in [0.717, 1.165) is 25.3 Å². The third kappa shape index (κ3) is 4.80. The summed E-state index contributed by atoms with van der Waals surface area (Å²) < 4.78 is 7.09. The molecule has 2 aromatic rings. The number of rotatable bonds is 7. The van der Waals surface area contributed by atoms with Gasteiger partial charge < -0.3 is 10.1 Å². The molecule has 0 aliphatic rings. The summed E-state index contributed by atoms with van der Waals surface area (Å²) in [5, 5.41) is 3.36. The predicted molar refractivity (Wildman–Crippen MR) is 92.2 cm³/mol. The standard InChI is InChI=1S/C17H20INO/c1-2-19-11-10-14-6-3-4-7-15(14)13-20-17-9-5-8-16(18)12-17/h3-9,12,19H,2,10-11,13H2,1H3. The Balaban J connectivity index is 1.98. The van der Waals surface area contributed by atoms with Crippen molar-refractivity contribution in [3.8, 4) is 5.75 Å². The molecule has 106 valence electrons. The van der Waals surface area contributed by atoms with E-state index in [-0.39, 0.29) is 0 Å². The molecule has 0 unspecified atom stereocenters. The van der Waals surface area contributed by atoms with Crippen LogP contribution >= 0.6 is 22.6 Å². The predicted octanol–water partition coefficient (Wildman–Crippen LogP) is 4.02. The summed E-state index contributed by atoms with van der Waals surface area (Å²) in [6.07, 6.45) is 1.04. The lowest BCUT2D eigenvalue weighted by Crippen LogP contribution is -2.17. The van der Waals surface area contributed by atoms with Crippen LogP contribution in [0.15, 0.2) is 48.5 Å². The second-order valence-corrected chi connectivity index (χ2v) is 5.86. The summed E-state index contributed by atoms with van der Waals surface area (Å²) in [7, 11) is 0. The second-order valence-electron chi connectivity index (χ2n) is 4.62. The van der Waals surface area contributed by atoms with Gasteiger partial charge in [0.2, 0.25) is 0 Å². The highest BCUT2D eigenvalue weighted by Crippen LogP contribution is 2.18. The van der Waals surface area contributed by atoms with E-state index < -0.39 is 0 Å². The minimum atomic E-state index is 0.627. The van der Waals surface area contributed by atoms with E-state index in [2.05, 4.69) is 71.2 Å². The van der Waals surface area contributed by atoms with E-state index in [1.54, 1.807) is 0 Å². The van der Waals surface area contributed by atoms with Crippen LogP contribution in [0, 0.1) is 3.57 Å². The maximum atomic E-state index is 5.89. The van der Waals surface area contributed by atoms with Crippen LogP contribution in [0.25, 0.3) is 0 Å². The number of hydrogen-bond donors (Lipinski definition) is 1. The third-order valence-electron chi connectivity index (χ3n) is 3.13. The van der Waals surface area contributed by atoms with Crippen LogP contribution in [0.3, 0.4) is 0 Å². The molecule has 0 amide bonds. The van der Waals surface area contributed by atoms with Gasteiger partial charge in [-0.3, -0.25) is 0 Å². The van der Waals surface area contributed by atoms with Gasteiger partial charge >= 0.3 is 0 Å². The van der Waals surface area contributed by atoms with Gasteiger partial charge in [0, 0.05) is 3.57 Å². The zero-order valence-corrected chi connectivity index (χ0v) is 13.9. The molecule has 0 spiro atoms. The van der Waals surface area contributed by atoms with Gasteiger partial charge in [0.05, 0.1) is 0 Å². The zero-order chi connectivity index (χ0) is 14.2. The normalized spacial score (nSPS) is 10.5. The Kier molecular flexibility index (Phi) is 6.33. The number of ether oxygens (including phenoxy) is 1. The molecule has 0 atom stereocenters. The van der Waals surface area contributed by atoms with Gasteiger partial charge in [-0.05, 0) is 71.4 Å². The van der Waals surface area contributed by atoms with Gasteiger partial charge in [-0.25, -0.2) is 0 Å². The molecule has 2 rings (SSSR count). The highest BCUT2D eigenvalue weighted by atomic mass is 127. The Labute approximate surface area is 134 Å². The Morgan fingerprint density at radius 3 is 2.60 bits per heavy atom. The van der Waals surface area contributed by atoms with Crippen molar-refractivity contribution in [2.24, 2.45) is 0 Å².